The summed E-state index contributed by atoms with van der Waals surface area (Å²) in [6.45, 7) is 3.67. The van der Waals surface area contributed by atoms with Gasteiger partial charge in [0.25, 0.3) is 5.91 Å². The number of hydrogen-bond acceptors (Lipinski definition) is 2. The number of nitrogens with one attached hydrogen (secondary N) is 1. The van der Waals surface area contributed by atoms with E-state index in [-0.39, 0.29) is 17.8 Å². The summed E-state index contributed by atoms with van der Waals surface area (Å²) in [5, 5.41) is 2.92. The molecular formula is C16H18FNO2. The maximum absolute atomic E-state index is 13.0. The normalized spacial score (nSPS) is 12.2. The van der Waals surface area contributed by atoms with Gasteiger partial charge in [-0.2, -0.15) is 0 Å². The van der Waals surface area contributed by atoms with Gasteiger partial charge < -0.3 is 9.73 Å². The number of carbonyl (C=O) groups is 1. The first kappa shape index (κ1) is 14.3. The van der Waals surface area contributed by atoms with Crippen LogP contribution in [-0.2, 0) is 6.42 Å². The van der Waals surface area contributed by atoms with E-state index in [9.17, 15) is 9.18 Å². The molecule has 0 spiro atoms. The summed E-state index contributed by atoms with van der Waals surface area (Å²) in [7, 11) is 0. The average molecular weight is 275 g/mol. The lowest BCUT2D eigenvalue weighted by atomic mass is 10.1. The van der Waals surface area contributed by atoms with E-state index in [1.807, 2.05) is 19.1 Å². The molecule has 1 heterocycles. The van der Waals surface area contributed by atoms with E-state index in [4.69, 9.17) is 4.42 Å². The molecule has 1 aromatic carbocycles. The van der Waals surface area contributed by atoms with Crippen LogP contribution in [-0.4, -0.2) is 11.9 Å². The standard InChI is InChI=1S/C16H18FNO2/c1-11-10-13(17)6-8-15(11)16(19)18-12(2)5-7-14-4-3-9-20-14/h3-4,6,8-10,12H,5,7H2,1-2H3,(H,18,19). The highest BCUT2D eigenvalue weighted by atomic mass is 19.1. The van der Waals surface area contributed by atoms with Crippen molar-refractivity contribution >= 4 is 5.91 Å². The molecule has 1 aromatic heterocycles. The van der Waals surface area contributed by atoms with Crippen molar-refractivity contribution in [3.63, 3.8) is 0 Å². The first-order valence-electron chi connectivity index (χ1n) is 6.65. The molecule has 2 aromatic rings. The third kappa shape index (κ3) is 3.70. The summed E-state index contributed by atoms with van der Waals surface area (Å²) >= 11 is 0. The summed E-state index contributed by atoms with van der Waals surface area (Å²) in [6, 6.07) is 7.97. The maximum Gasteiger partial charge on any atom is 0.251 e. The molecule has 0 saturated carbocycles. The molecule has 3 nitrogen and oxygen atoms in total. The molecule has 1 amide bonds. The lowest BCUT2D eigenvalue weighted by molar-refractivity contribution is 0.0937. The summed E-state index contributed by atoms with van der Waals surface area (Å²) in [5.41, 5.74) is 1.15. The summed E-state index contributed by atoms with van der Waals surface area (Å²) in [4.78, 5) is 12.1. The summed E-state index contributed by atoms with van der Waals surface area (Å²) < 4.78 is 18.3. The van der Waals surface area contributed by atoms with Gasteiger partial charge in [0.2, 0.25) is 0 Å². The fourth-order valence-corrected chi connectivity index (χ4v) is 2.07. The minimum Gasteiger partial charge on any atom is -0.469 e. The van der Waals surface area contributed by atoms with Gasteiger partial charge in [-0.25, -0.2) is 4.39 Å². The molecule has 0 radical (unpaired) electrons. The highest BCUT2D eigenvalue weighted by Gasteiger charge is 2.13. The third-order valence-electron chi connectivity index (χ3n) is 3.21. The first-order chi connectivity index (χ1) is 9.56. The van der Waals surface area contributed by atoms with Gasteiger partial charge in [0, 0.05) is 18.0 Å². The van der Waals surface area contributed by atoms with E-state index in [0.29, 0.717) is 11.1 Å². The van der Waals surface area contributed by atoms with E-state index in [2.05, 4.69) is 5.32 Å². The Morgan fingerprint density at radius 1 is 1.40 bits per heavy atom. The summed E-state index contributed by atoms with van der Waals surface area (Å²) in [5.74, 6) is 0.406. The van der Waals surface area contributed by atoms with Gasteiger partial charge in [-0.1, -0.05) is 0 Å². The van der Waals surface area contributed by atoms with Gasteiger partial charge in [0.1, 0.15) is 11.6 Å². The van der Waals surface area contributed by atoms with Crippen LogP contribution in [0.4, 0.5) is 4.39 Å². The average Bonchev–Trinajstić information content (AvgIpc) is 2.89. The Bertz CT molecular complexity index is 578. The minimum atomic E-state index is -0.329. The van der Waals surface area contributed by atoms with Crippen molar-refractivity contribution in [1.82, 2.24) is 5.32 Å². The number of amides is 1. The zero-order valence-electron chi connectivity index (χ0n) is 11.7. The van der Waals surface area contributed by atoms with Crippen LogP contribution in [0.25, 0.3) is 0 Å². The lowest BCUT2D eigenvalue weighted by Crippen LogP contribution is -2.33. The Kier molecular flexibility index (Phi) is 4.56. The van der Waals surface area contributed by atoms with Crippen LogP contribution in [0.2, 0.25) is 0 Å². The Morgan fingerprint density at radius 2 is 2.20 bits per heavy atom. The molecule has 1 unspecified atom stereocenters. The predicted octanol–water partition coefficient (Wildman–Crippen LogP) is 3.48. The van der Waals surface area contributed by atoms with Gasteiger partial charge in [-0.15, -0.1) is 0 Å². The highest BCUT2D eigenvalue weighted by Crippen LogP contribution is 2.11. The van der Waals surface area contributed by atoms with Crippen molar-refractivity contribution in [1.29, 1.82) is 0 Å². The van der Waals surface area contributed by atoms with Gasteiger partial charge >= 0.3 is 0 Å². The zero-order valence-corrected chi connectivity index (χ0v) is 11.7. The van der Waals surface area contributed by atoms with Crippen molar-refractivity contribution in [3.05, 3.63) is 59.3 Å². The monoisotopic (exact) mass is 275 g/mol. The highest BCUT2D eigenvalue weighted by molar-refractivity contribution is 5.95. The molecule has 0 aliphatic carbocycles. The molecule has 4 heteroatoms. The number of halogens is 1. The number of carbonyl (C=O) groups excluding carboxylic acids is 1. The van der Waals surface area contributed by atoms with Crippen molar-refractivity contribution in [2.45, 2.75) is 32.7 Å². The van der Waals surface area contributed by atoms with Gasteiger partial charge in [0.15, 0.2) is 0 Å². The van der Waals surface area contributed by atoms with Gasteiger partial charge in [-0.05, 0) is 56.2 Å². The van der Waals surface area contributed by atoms with Crippen LogP contribution in [0.15, 0.2) is 41.0 Å². The van der Waals surface area contributed by atoms with Crippen molar-refractivity contribution in [2.75, 3.05) is 0 Å². The predicted molar refractivity (Wildman–Crippen MR) is 75.1 cm³/mol. The van der Waals surface area contributed by atoms with Crippen LogP contribution in [0.3, 0.4) is 0 Å². The molecule has 0 fully saturated rings. The van der Waals surface area contributed by atoms with E-state index < -0.39 is 0 Å². The minimum absolute atomic E-state index is 0.0250. The molecule has 1 N–H and O–H groups in total. The number of aryl methyl sites for hydroxylation is 2. The van der Waals surface area contributed by atoms with E-state index in [1.165, 1.54) is 18.2 Å². The topological polar surface area (TPSA) is 42.2 Å². The number of benzene rings is 1. The number of rotatable bonds is 5. The van der Waals surface area contributed by atoms with E-state index in [0.717, 1.165) is 18.6 Å². The van der Waals surface area contributed by atoms with Crippen LogP contribution >= 0.6 is 0 Å². The number of hydrogen-bond donors (Lipinski definition) is 1. The third-order valence-corrected chi connectivity index (χ3v) is 3.21. The fraction of sp³-hybridized carbons (Fsp3) is 0.312. The maximum atomic E-state index is 13.0. The van der Waals surface area contributed by atoms with E-state index >= 15 is 0 Å². The van der Waals surface area contributed by atoms with E-state index in [1.54, 1.807) is 13.2 Å². The first-order valence-corrected chi connectivity index (χ1v) is 6.65. The molecule has 1 atom stereocenters. The Morgan fingerprint density at radius 3 is 2.85 bits per heavy atom. The molecule has 0 aliphatic heterocycles. The van der Waals surface area contributed by atoms with Gasteiger partial charge in [0.05, 0.1) is 6.26 Å². The van der Waals surface area contributed by atoms with Crippen molar-refractivity contribution < 1.29 is 13.6 Å². The quantitative estimate of drug-likeness (QED) is 0.907. The Labute approximate surface area is 117 Å². The molecule has 0 bridgehead atoms. The van der Waals surface area contributed by atoms with Crippen LogP contribution in [0.1, 0.15) is 35.0 Å². The molecule has 106 valence electrons. The second-order valence-corrected chi connectivity index (χ2v) is 4.95. The molecule has 20 heavy (non-hydrogen) atoms. The van der Waals surface area contributed by atoms with Crippen molar-refractivity contribution in [2.24, 2.45) is 0 Å². The second kappa shape index (κ2) is 6.37. The van der Waals surface area contributed by atoms with Crippen molar-refractivity contribution in [3.8, 4) is 0 Å². The largest absolute Gasteiger partial charge is 0.469 e. The zero-order chi connectivity index (χ0) is 14.5. The molecule has 0 aliphatic rings. The van der Waals surface area contributed by atoms with Crippen LogP contribution < -0.4 is 5.32 Å². The Balaban J connectivity index is 1.90. The van der Waals surface area contributed by atoms with Crippen LogP contribution in [0.5, 0.6) is 0 Å². The van der Waals surface area contributed by atoms with Gasteiger partial charge in [-0.3, -0.25) is 4.79 Å². The molecule has 0 saturated heterocycles. The Hall–Kier alpha value is -2.10. The number of furan rings is 1. The second-order valence-electron chi connectivity index (χ2n) is 4.95. The lowest BCUT2D eigenvalue weighted by Gasteiger charge is -2.14. The molecule has 2 rings (SSSR count). The summed E-state index contributed by atoms with van der Waals surface area (Å²) in [6.07, 6.45) is 3.21. The smallest absolute Gasteiger partial charge is 0.251 e. The molecular weight excluding hydrogens is 257 g/mol. The fourth-order valence-electron chi connectivity index (χ4n) is 2.07. The SMILES string of the molecule is Cc1cc(F)ccc1C(=O)NC(C)CCc1ccco1. The van der Waals surface area contributed by atoms with Crippen LogP contribution in [0, 0.1) is 12.7 Å².